The third-order valence-electron chi connectivity index (χ3n) is 3.56. The van der Waals surface area contributed by atoms with E-state index in [9.17, 15) is 5.11 Å². The van der Waals surface area contributed by atoms with Crippen LogP contribution in [0.1, 0.15) is 31.7 Å². The van der Waals surface area contributed by atoms with Gasteiger partial charge >= 0.3 is 0 Å². The first-order valence-electron chi connectivity index (χ1n) is 7.17. The molecule has 3 N–H and O–H groups in total. The summed E-state index contributed by atoms with van der Waals surface area (Å²) < 4.78 is 10.5. The molecule has 1 heterocycles. The number of fused-ring (bicyclic) bond motifs is 1. The lowest BCUT2D eigenvalue weighted by Crippen LogP contribution is -2.23. The number of nitrogens with one attached hydrogen (secondary N) is 1. The van der Waals surface area contributed by atoms with Gasteiger partial charge in [-0.25, -0.2) is 0 Å². The van der Waals surface area contributed by atoms with E-state index in [0.717, 1.165) is 31.4 Å². The number of hydrogen-bond acceptors (Lipinski definition) is 5. The summed E-state index contributed by atoms with van der Waals surface area (Å²) in [6.45, 7) is 3.99. The summed E-state index contributed by atoms with van der Waals surface area (Å²) in [5, 5.41) is 22.3. The number of ether oxygens (including phenoxy) is 2. The number of aromatic hydroxyl groups is 1. The second-order valence-electron chi connectivity index (χ2n) is 5.13. The highest BCUT2D eigenvalue weighted by atomic mass is 16.7. The summed E-state index contributed by atoms with van der Waals surface area (Å²) in [5.74, 6) is 1.97. The van der Waals surface area contributed by atoms with Gasteiger partial charge in [-0.2, -0.15) is 0 Å². The standard InChI is InChI=1S/C15H23NO4/c1-2-3-11(4-5-17)8-16-9-12-6-14-15(7-13(12)18)20-10-19-14/h6-7,11,16-18H,2-5,8-10H2,1H3. The summed E-state index contributed by atoms with van der Waals surface area (Å²) in [6.07, 6.45) is 3.02. The first-order chi connectivity index (χ1) is 9.74. The highest BCUT2D eigenvalue weighted by molar-refractivity contribution is 5.51. The van der Waals surface area contributed by atoms with E-state index in [1.54, 1.807) is 6.07 Å². The van der Waals surface area contributed by atoms with Gasteiger partial charge in [-0.05, 0) is 31.4 Å². The minimum atomic E-state index is 0.209. The summed E-state index contributed by atoms with van der Waals surface area (Å²) in [6, 6.07) is 3.40. The Morgan fingerprint density at radius 2 is 2.00 bits per heavy atom. The number of benzene rings is 1. The Morgan fingerprint density at radius 3 is 2.70 bits per heavy atom. The van der Waals surface area contributed by atoms with E-state index in [0.29, 0.717) is 24.0 Å². The largest absolute Gasteiger partial charge is 0.507 e. The lowest BCUT2D eigenvalue weighted by Gasteiger charge is -2.16. The van der Waals surface area contributed by atoms with Crippen LogP contribution >= 0.6 is 0 Å². The lowest BCUT2D eigenvalue weighted by molar-refractivity contribution is 0.174. The third-order valence-corrected chi connectivity index (χ3v) is 3.56. The molecule has 1 unspecified atom stereocenters. The first kappa shape index (κ1) is 14.9. The molecule has 5 heteroatoms. The van der Waals surface area contributed by atoms with E-state index in [-0.39, 0.29) is 19.1 Å². The van der Waals surface area contributed by atoms with Gasteiger partial charge in [0.2, 0.25) is 6.79 Å². The van der Waals surface area contributed by atoms with Crippen LogP contribution in [0.25, 0.3) is 0 Å². The summed E-state index contributed by atoms with van der Waals surface area (Å²) in [7, 11) is 0. The topological polar surface area (TPSA) is 71.0 Å². The third kappa shape index (κ3) is 3.77. The van der Waals surface area contributed by atoms with E-state index in [4.69, 9.17) is 14.6 Å². The molecule has 0 spiro atoms. The van der Waals surface area contributed by atoms with Crippen molar-refractivity contribution in [2.75, 3.05) is 19.9 Å². The average molecular weight is 281 g/mol. The number of phenols is 1. The number of rotatable bonds is 8. The van der Waals surface area contributed by atoms with E-state index in [1.165, 1.54) is 0 Å². The molecule has 2 rings (SSSR count). The van der Waals surface area contributed by atoms with Crippen molar-refractivity contribution in [1.82, 2.24) is 5.32 Å². The highest BCUT2D eigenvalue weighted by Gasteiger charge is 2.17. The van der Waals surface area contributed by atoms with Gasteiger partial charge in [0.25, 0.3) is 0 Å². The molecule has 0 radical (unpaired) electrons. The van der Waals surface area contributed by atoms with Crippen molar-refractivity contribution in [2.24, 2.45) is 5.92 Å². The van der Waals surface area contributed by atoms with Crippen molar-refractivity contribution in [3.63, 3.8) is 0 Å². The lowest BCUT2D eigenvalue weighted by atomic mass is 10.00. The van der Waals surface area contributed by atoms with Crippen molar-refractivity contribution in [1.29, 1.82) is 0 Å². The van der Waals surface area contributed by atoms with Crippen molar-refractivity contribution >= 4 is 0 Å². The highest BCUT2D eigenvalue weighted by Crippen LogP contribution is 2.37. The maximum Gasteiger partial charge on any atom is 0.231 e. The predicted octanol–water partition coefficient (Wildman–Crippen LogP) is 2.01. The molecular formula is C15H23NO4. The molecule has 0 amide bonds. The molecule has 0 saturated carbocycles. The second-order valence-corrected chi connectivity index (χ2v) is 5.13. The molecule has 0 aliphatic carbocycles. The Kier molecular flexibility index (Phi) is 5.49. The number of hydrogen-bond donors (Lipinski definition) is 3. The Balaban J connectivity index is 1.87. The molecule has 0 fully saturated rings. The number of phenolic OH excluding ortho intramolecular Hbond substituents is 1. The molecule has 0 aromatic heterocycles. The average Bonchev–Trinajstić information content (AvgIpc) is 2.86. The Labute approximate surface area is 119 Å². The Hall–Kier alpha value is -1.46. The van der Waals surface area contributed by atoms with Crippen LogP contribution in [-0.4, -0.2) is 30.2 Å². The van der Waals surface area contributed by atoms with Gasteiger partial charge in [-0.1, -0.05) is 13.3 Å². The van der Waals surface area contributed by atoms with Crippen LogP contribution < -0.4 is 14.8 Å². The summed E-state index contributed by atoms with van der Waals surface area (Å²) in [5.41, 5.74) is 0.800. The summed E-state index contributed by atoms with van der Waals surface area (Å²) >= 11 is 0. The summed E-state index contributed by atoms with van der Waals surface area (Å²) in [4.78, 5) is 0. The van der Waals surface area contributed by atoms with Gasteiger partial charge in [0.1, 0.15) is 5.75 Å². The van der Waals surface area contributed by atoms with E-state index in [1.807, 2.05) is 6.07 Å². The molecule has 1 aromatic carbocycles. The van der Waals surface area contributed by atoms with Gasteiger partial charge in [0, 0.05) is 24.8 Å². The zero-order valence-electron chi connectivity index (χ0n) is 11.9. The van der Waals surface area contributed by atoms with Gasteiger partial charge in [0.05, 0.1) is 0 Å². The monoisotopic (exact) mass is 281 g/mol. The maximum absolute atomic E-state index is 9.93. The molecule has 112 valence electrons. The minimum Gasteiger partial charge on any atom is -0.507 e. The fourth-order valence-electron chi connectivity index (χ4n) is 2.47. The Bertz CT molecular complexity index is 430. The van der Waals surface area contributed by atoms with E-state index in [2.05, 4.69) is 12.2 Å². The number of aliphatic hydroxyl groups excluding tert-OH is 1. The Morgan fingerprint density at radius 1 is 1.25 bits per heavy atom. The molecule has 20 heavy (non-hydrogen) atoms. The van der Waals surface area contributed by atoms with Crippen LogP contribution in [0.3, 0.4) is 0 Å². The molecule has 5 nitrogen and oxygen atoms in total. The smallest absolute Gasteiger partial charge is 0.231 e. The van der Waals surface area contributed by atoms with Crippen LogP contribution in [0, 0.1) is 5.92 Å². The second kappa shape index (κ2) is 7.36. The quantitative estimate of drug-likeness (QED) is 0.680. The molecule has 1 aliphatic rings. The zero-order chi connectivity index (χ0) is 14.4. The van der Waals surface area contributed by atoms with Gasteiger partial charge in [0.15, 0.2) is 11.5 Å². The van der Waals surface area contributed by atoms with Crippen molar-refractivity contribution in [2.45, 2.75) is 32.7 Å². The van der Waals surface area contributed by atoms with Gasteiger partial charge < -0.3 is 25.0 Å². The fourth-order valence-corrected chi connectivity index (χ4v) is 2.47. The van der Waals surface area contributed by atoms with Crippen LogP contribution in [0.5, 0.6) is 17.2 Å². The molecule has 1 atom stereocenters. The molecule has 0 saturated heterocycles. The molecule has 1 aliphatic heterocycles. The van der Waals surface area contributed by atoms with Crippen molar-refractivity contribution in [3.05, 3.63) is 17.7 Å². The van der Waals surface area contributed by atoms with Crippen molar-refractivity contribution < 1.29 is 19.7 Å². The SMILES string of the molecule is CCCC(CCO)CNCc1cc2c(cc1O)OCO2. The minimum absolute atomic E-state index is 0.209. The predicted molar refractivity (Wildman–Crippen MR) is 76.0 cm³/mol. The van der Waals surface area contributed by atoms with Crippen LogP contribution in [0.15, 0.2) is 12.1 Å². The first-order valence-corrected chi connectivity index (χ1v) is 7.17. The van der Waals surface area contributed by atoms with E-state index < -0.39 is 0 Å². The molecular weight excluding hydrogens is 258 g/mol. The normalized spacial score (nSPS) is 14.5. The fraction of sp³-hybridized carbons (Fsp3) is 0.600. The van der Waals surface area contributed by atoms with E-state index >= 15 is 0 Å². The number of aliphatic hydroxyl groups is 1. The molecule has 0 bridgehead atoms. The van der Waals surface area contributed by atoms with Crippen LogP contribution in [0.2, 0.25) is 0 Å². The van der Waals surface area contributed by atoms with Gasteiger partial charge in [-0.15, -0.1) is 0 Å². The molecule has 1 aromatic rings. The van der Waals surface area contributed by atoms with Crippen molar-refractivity contribution in [3.8, 4) is 17.2 Å². The zero-order valence-corrected chi connectivity index (χ0v) is 11.9. The van der Waals surface area contributed by atoms with Crippen LogP contribution in [-0.2, 0) is 6.54 Å². The van der Waals surface area contributed by atoms with Gasteiger partial charge in [-0.3, -0.25) is 0 Å². The van der Waals surface area contributed by atoms with Crippen LogP contribution in [0.4, 0.5) is 0 Å². The maximum atomic E-state index is 9.93.